The molecular formula is C7H8N2. The molecule has 0 saturated carbocycles. The molecule has 1 heterocycles. The van der Waals surface area contributed by atoms with Crippen LogP contribution in [0, 0.1) is 0 Å². The number of hydrogen-bond acceptors (Lipinski definition) is 2. The Morgan fingerprint density at radius 2 is 2.44 bits per heavy atom. The molecule has 0 unspecified atom stereocenters. The maximum absolute atomic E-state index is 3.83. The molecule has 0 bridgehead atoms. The topological polar surface area (TPSA) is 25.8 Å². The highest BCUT2D eigenvalue weighted by Gasteiger charge is 1.80. The number of aromatic nitrogens is 2. The van der Waals surface area contributed by atoms with Crippen molar-refractivity contribution in [2.24, 2.45) is 0 Å². The Kier molecular flexibility index (Phi) is 1.96. The molecule has 0 aliphatic heterocycles. The Balaban J connectivity index is 2.85. The van der Waals surface area contributed by atoms with E-state index in [9.17, 15) is 0 Å². The van der Waals surface area contributed by atoms with E-state index in [0.29, 0.717) is 0 Å². The Bertz CT molecular complexity index is 191. The van der Waals surface area contributed by atoms with Crippen molar-refractivity contribution in [2.75, 3.05) is 0 Å². The summed E-state index contributed by atoms with van der Waals surface area (Å²) in [5.74, 6) is 0. The highest BCUT2D eigenvalue weighted by atomic mass is 15.1. The Morgan fingerprint density at radius 1 is 1.56 bits per heavy atom. The lowest BCUT2D eigenvalue weighted by atomic mass is 10.4. The predicted octanol–water partition coefficient (Wildman–Crippen LogP) is 1.51. The van der Waals surface area contributed by atoms with E-state index in [1.807, 2.05) is 31.2 Å². The molecule has 0 aliphatic carbocycles. The van der Waals surface area contributed by atoms with Crippen molar-refractivity contribution in [3.63, 3.8) is 0 Å². The first-order chi connectivity index (χ1) is 4.43. The van der Waals surface area contributed by atoms with E-state index in [4.69, 9.17) is 0 Å². The van der Waals surface area contributed by atoms with Crippen molar-refractivity contribution in [2.45, 2.75) is 6.92 Å². The van der Waals surface area contributed by atoms with Gasteiger partial charge in [0.05, 0.1) is 5.69 Å². The molecule has 1 rings (SSSR count). The van der Waals surface area contributed by atoms with E-state index in [0.717, 1.165) is 5.69 Å². The molecule has 0 atom stereocenters. The molecule has 9 heavy (non-hydrogen) atoms. The molecule has 0 N–H and O–H groups in total. The van der Waals surface area contributed by atoms with Gasteiger partial charge in [-0.2, -0.15) is 10.2 Å². The van der Waals surface area contributed by atoms with E-state index in [1.165, 1.54) is 0 Å². The average molecular weight is 120 g/mol. The minimum absolute atomic E-state index is 0.903. The molecule has 0 aliphatic rings. The molecule has 0 aromatic carbocycles. The number of hydrogen-bond donors (Lipinski definition) is 0. The fraction of sp³-hybridized carbons (Fsp3) is 0.143. The molecular weight excluding hydrogens is 112 g/mol. The zero-order valence-electron chi connectivity index (χ0n) is 5.28. The van der Waals surface area contributed by atoms with Crippen LogP contribution < -0.4 is 0 Å². The average Bonchev–Trinajstić information content (AvgIpc) is 1.91. The van der Waals surface area contributed by atoms with Crippen molar-refractivity contribution < 1.29 is 0 Å². The molecule has 0 spiro atoms. The van der Waals surface area contributed by atoms with Crippen LogP contribution in [0.1, 0.15) is 12.6 Å². The third-order valence-corrected chi connectivity index (χ3v) is 0.930. The van der Waals surface area contributed by atoms with Gasteiger partial charge in [0.1, 0.15) is 0 Å². The van der Waals surface area contributed by atoms with Crippen LogP contribution in [-0.4, -0.2) is 10.2 Å². The van der Waals surface area contributed by atoms with Crippen LogP contribution in [0.3, 0.4) is 0 Å². The number of allylic oxidation sites excluding steroid dienone is 1. The molecule has 2 heteroatoms. The van der Waals surface area contributed by atoms with Gasteiger partial charge in [0.2, 0.25) is 0 Å². The molecule has 0 fully saturated rings. The van der Waals surface area contributed by atoms with Crippen molar-refractivity contribution in [3.05, 3.63) is 30.1 Å². The maximum Gasteiger partial charge on any atom is 0.0854 e. The van der Waals surface area contributed by atoms with Crippen molar-refractivity contribution in [1.29, 1.82) is 0 Å². The van der Waals surface area contributed by atoms with Gasteiger partial charge in [0, 0.05) is 6.20 Å². The van der Waals surface area contributed by atoms with Crippen LogP contribution in [0.5, 0.6) is 0 Å². The zero-order valence-corrected chi connectivity index (χ0v) is 5.28. The highest BCUT2D eigenvalue weighted by molar-refractivity contribution is 5.42. The lowest BCUT2D eigenvalue weighted by Crippen LogP contribution is -1.80. The van der Waals surface area contributed by atoms with Gasteiger partial charge in [-0.25, -0.2) is 0 Å². The van der Waals surface area contributed by atoms with Crippen LogP contribution in [0.4, 0.5) is 0 Å². The van der Waals surface area contributed by atoms with Crippen LogP contribution in [-0.2, 0) is 0 Å². The highest BCUT2D eigenvalue weighted by Crippen LogP contribution is 1.92. The van der Waals surface area contributed by atoms with Gasteiger partial charge in [-0.15, -0.1) is 0 Å². The van der Waals surface area contributed by atoms with Crippen molar-refractivity contribution in [3.8, 4) is 0 Å². The standard InChI is InChI=1S/C7H8N2/c1-2-4-7-5-3-6-8-9-7/h2-6H,1H3/b4-2+. The predicted molar refractivity (Wildman–Crippen MR) is 36.7 cm³/mol. The van der Waals surface area contributed by atoms with E-state index in [-0.39, 0.29) is 0 Å². The zero-order chi connectivity index (χ0) is 6.53. The summed E-state index contributed by atoms with van der Waals surface area (Å²) in [5.41, 5.74) is 0.903. The van der Waals surface area contributed by atoms with Gasteiger partial charge in [-0.1, -0.05) is 6.08 Å². The van der Waals surface area contributed by atoms with E-state index in [1.54, 1.807) is 6.20 Å². The third-order valence-electron chi connectivity index (χ3n) is 0.930. The lowest BCUT2D eigenvalue weighted by molar-refractivity contribution is 1.02. The SMILES string of the molecule is C/C=C/c1cccnn1. The molecule has 2 nitrogen and oxygen atoms in total. The van der Waals surface area contributed by atoms with Gasteiger partial charge in [-0.3, -0.25) is 0 Å². The van der Waals surface area contributed by atoms with E-state index < -0.39 is 0 Å². The molecule has 0 radical (unpaired) electrons. The monoisotopic (exact) mass is 120 g/mol. The maximum atomic E-state index is 3.83. The van der Waals surface area contributed by atoms with Crippen molar-refractivity contribution >= 4 is 6.08 Å². The molecule has 1 aromatic rings. The fourth-order valence-electron chi connectivity index (χ4n) is 0.573. The number of nitrogens with zero attached hydrogens (tertiary/aromatic N) is 2. The number of rotatable bonds is 1. The van der Waals surface area contributed by atoms with Gasteiger partial charge in [-0.05, 0) is 25.1 Å². The van der Waals surface area contributed by atoms with Crippen LogP contribution >= 0.6 is 0 Å². The Hall–Kier alpha value is -1.18. The second-order valence-corrected chi connectivity index (χ2v) is 1.65. The Morgan fingerprint density at radius 3 is 3.00 bits per heavy atom. The fourth-order valence-corrected chi connectivity index (χ4v) is 0.573. The summed E-state index contributed by atoms with van der Waals surface area (Å²) in [7, 11) is 0. The van der Waals surface area contributed by atoms with Gasteiger partial charge in [0.15, 0.2) is 0 Å². The largest absolute Gasteiger partial charge is 0.159 e. The van der Waals surface area contributed by atoms with Crippen LogP contribution in [0.25, 0.3) is 6.08 Å². The summed E-state index contributed by atoms with van der Waals surface area (Å²) < 4.78 is 0. The van der Waals surface area contributed by atoms with Gasteiger partial charge in [0.25, 0.3) is 0 Å². The summed E-state index contributed by atoms with van der Waals surface area (Å²) in [6.45, 7) is 1.95. The minimum atomic E-state index is 0.903. The Labute approximate surface area is 54.2 Å². The second kappa shape index (κ2) is 2.97. The lowest BCUT2D eigenvalue weighted by Gasteiger charge is -1.84. The minimum Gasteiger partial charge on any atom is -0.159 e. The summed E-state index contributed by atoms with van der Waals surface area (Å²) in [5, 5.41) is 7.53. The van der Waals surface area contributed by atoms with E-state index in [2.05, 4.69) is 10.2 Å². The van der Waals surface area contributed by atoms with Crippen molar-refractivity contribution in [1.82, 2.24) is 10.2 Å². The summed E-state index contributed by atoms with van der Waals surface area (Å²) in [6, 6.07) is 3.77. The van der Waals surface area contributed by atoms with Crippen LogP contribution in [0.2, 0.25) is 0 Å². The molecule has 0 saturated heterocycles. The molecule has 0 amide bonds. The first kappa shape index (κ1) is 5.95. The molecule has 1 aromatic heterocycles. The van der Waals surface area contributed by atoms with E-state index >= 15 is 0 Å². The third kappa shape index (κ3) is 1.64. The first-order valence-electron chi connectivity index (χ1n) is 2.84. The quantitative estimate of drug-likeness (QED) is 0.561. The van der Waals surface area contributed by atoms with Gasteiger partial charge >= 0.3 is 0 Å². The van der Waals surface area contributed by atoms with Crippen LogP contribution in [0.15, 0.2) is 24.4 Å². The smallest absolute Gasteiger partial charge is 0.0854 e. The summed E-state index contributed by atoms with van der Waals surface area (Å²) in [6.07, 6.45) is 5.50. The van der Waals surface area contributed by atoms with Gasteiger partial charge < -0.3 is 0 Å². The first-order valence-corrected chi connectivity index (χ1v) is 2.84. The summed E-state index contributed by atoms with van der Waals surface area (Å²) >= 11 is 0. The summed E-state index contributed by atoms with van der Waals surface area (Å²) in [4.78, 5) is 0. The second-order valence-electron chi connectivity index (χ2n) is 1.65. The normalized spacial score (nSPS) is 10.3. The molecule has 46 valence electrons.